The third-order valence-corrected chi connectivity index (χ3v) is 4.16. The first-order chi connectivity index (χ1) is 14.0. The van der Waals surface area contributed by atoms with Gasteiger partial charge >= 0.3 is 0 Å². The van der Waals surface area contributed by atoms with E-state index in [0.29, 0.717) is 29.5 Å². The van der Waals surface area contributed by atoms with E-state index < -0.39 is 6.10 Å². The normalized spacial score (nSPS) is 11.4. The molecule has 1 atom stereocenters. The average molecular weight is 391 g/mol. The zero-order valence-electron chi connectivity index (χ0n) is 16.8. The van der Waals surface area contributed by atoms with Crippen LogP contribution in [-0.2, 0) is 4.79 Å². The summed E-state index contributed by atoms with van der Waals surface area (Å²) in [5.41, 5.74) is 1.76. The Morgan fingerprint density at radius 2 is 1.52 bits per heavy atom. The predicted octanol–water partition coefficient (Wildman–Crippen LogP) is 5.59. The molecule has 3 aromatic carbocycles. The second-order valence-corrected chi connectivity index (χ2v) is 6.60. The Labute approximate surface area is 171 Å². The molecule has 0 fully saturated rings. The van der Waals surface area contributed by atoms with Crippen LogP contribution in [0.25, 0.3) is 0 Å². The van der Waals surface area contributed by atoms with Crippen molar-refractivity contribution in [3.05, 3.63) is 78.4 Å². The predicted molar refractivity (Wildman–Crippen MR) is 114 cm³/mol. The van der Waals surface area contributed by atoms with Crippen molar-refractivity contribution in [2.75, 3.05) is 11.9 Å². The third-order valence-electron chi connectivity index (χ3n) is 4.16. The number of nitrogens with one attached hydrogen (secondary N) is 1. The molecule has 0 saturated heterocycles. The van der Waals surface area contributed by atoms with Crippen molar-refractivity contribution in [3.63, 3.8) is 0 Å². The van der Waals surface area contributed by atoms with E-state index in [9.17, 15) is 4.79 Å². The lowest BCUT2D eigenvalue weighted by Crippen LogP contribution is -2.30. The molecule has 0 aromatic heterocycles. The van der Waals surface area contributed by atoms with Gasteiger partial charge < -0.3 is 19.5 Å². The number of rotatable bonds is 8. The molecule has 3 aromatic rings. The SMILES string of the molecule is CCOc1ccc(Oc2ccc(NC(=O)[C@H](C)Oc3cccc(C)c3)cc2)cc1. The Bertz CT molecular complexity index is 936. The van der Waals surface area contributed by atoms with Gasteiger partial charge in [0.25, 0.3) is 5.91 Å². The summed E-state index contributed by atoms with van der Waals surface area (Å²) < 4.78 is 16.9. The smallest absolute Gasteiger partial charge is 0.265 e. The molecule has 29 heavy (non-hydrogen) atoms. The Balaban J connectivity index is 1.54. The van der Waals surface area contributed by atoms with Crippen LogP contribution >= 0.6 is 0 Å². The van der Waals surface area contributed by atoms with Gasteiger partial charge in [-0.3, -0.25) is 4.79 Å². The highest BCUT2D eigenvalue weighted by Gasteiger charge is 2.15. The second kappa shape index (κ2) is 9.64. The first-order valence-corrected chi connectivity index (χ1v) is 9.58. The molecule has 1 amide bonds. The zero-order chi connectivity index (χ0) is 20.6. The maximum atomic E-state index is 12.4. The lowest BCUT2D eigenvalue weighted by molar-refractivity contribution is -0.122. The number of carbonyl (C=O) groups is 1. The molecule has 1 N–H and O–H groups in total. The fraction of sp³-hybridized carbons (Fsp3) is 0.208. The largest absolute Gasteiger partial charge is 0.494 e. The quantitative estimate of drug-likeness (QED) is 0.544. The minimum Gasteiger partial charge on any atom is -0.494 e. The van der Waals surface area contributed by atoms with E-state index in [1.165, 1.54) is 0 Å². The molecular formula is C24H25NO4. The van der Waals surface area contributed by atoms with Gasteiger partial charge in [0, 0.05) is 5.69 Å². The number of hydrogen-bond donors (Lipinski definition) is 1. The van der Waals surface area contributed by atoms with E-state index >= 15 is 0 Å². The Morgan fingerprint density at radius 1 is 0.897 bits per heavy atom. The van der Waals surface area contributed by atoms with Gasteiger partial charge in [-0.25, -0.2) is 0 Å². The number of anilines is 1. The molecule has 0 aliphatic rings. The number of ether oxygens (including phenoxy) is 3. The zero-order valence-corrected chi connectivity index (χ0v) is 16.8. The lowest BCUT2D eigenvalue weighted by atomic mass is 10.2. The number of hydrogen-bond acceptors (Lipinski definition) is 4. The van der Waals surface area contributed by atoms with Gasteiger partial charge in [0.2, 0.25) is 0 Å². The van der Waals surface area contributed by atoms with Crippen LogP contribution < -0.4 is 19.5 Å². The first-order valence-electron chi connectivity index (χ1n) is 9.58. The van der Waals surface area contributed by atoms with Crippen molar-refractivity contribution < 1.29 is 19.0 Å². The molecule has 0 bridgehead atoms. The van der Waals surface area contributed by atoms with Crippen LogP contribution in [0.5, 0.6) is 23.0 Å². The number of benzene rings is 3. The summed E-state index contributed by atoms with van der Waals surface area (Å²) >= 11 is 0. The van der Waals surface area contributed by atoms with Crippen molar-refractivity contribution in [2.45, 2.75) is 26.9 Å². The molecule has 0 radical (unpaired) electrons. The van der Waals surface area contributed by atoms with Gasteiger partial charge in [-0.05, 0) is 87.0 Å². The molecule has 0 heterocycles. The van der Waals surface area contributed by atoms with E-state index in [2.05, 4.69) is 5.32 Å². The summed E-state index contributed by atoms with van der Waals surface area (Å²) in [4.78, 5) is 12.4. The lowest BCUT2D eigenvalue weighted by Gasteiger charge is -2.15. The first kappa shape index (κ1) is 20.3. The van der Waals surface area contributed by atoms with E-state index in [0.717, 1.165) is 11.3 Å². The maximum absolute atomic E-state index is 12.4. The van der Waals surface area contributed by atoms with Crippen LogP contribution in [0.15, 0.2) is 72.8 Å². The van der Waals surface area contributed by atoms with Crippen LogP contribution in [-0.4, -0.2) is 18.6 Å². The number of amides is 1. The van der Waals surface area contributed by atoms with Gasteiger partial charge in [0.1, 0.15) is 23.0 Å². The monoisotopic (exact) mass is 391 g/mol. The van der Waals surface area contributed by atoms with Crippen molar-refractivity contribution >= 4 is 11.6 Å². The topological polar surface area (TPSA) is 56.8 Å². The molecule has 5 heteroatoms. The summed E-state index contributed by atoms with van der Waals surface area (Å²) in [5, 5.41) is 2.85. The van der Waals surface area contributed by atoms with E-state index in [1.54, 1.807) is 31.2 Å². The minimum atomic E-state index is -0.614. The standard InChI is InChI=1S/C24H25NO4/c1-4-27-20-12-14-22(15-13-20)29-21-10-8-19(9-11-21)25-24(26)18(3)28-23-7-5-6-17(2)16-23/h5-16,18H,4H2,1-3H3,(H,25,26)/t18-/m0/s1. The van der Waals surface area contributed by atoms with E-state index in [-0.39, 0.29) is 5.91 Å². The summed E-state index contributed by atoms with van der Waals surface area (Å²) in [6.07, 6.45) is -0.614. The molecular weight excluding hydrogens is 366 g/mol. The summed E-state index contributed by atoms with van der Waals surface area (Å²) in [5.74, 6) is 2.65. The molecule has 150 valence electrons. The summed E-state index contributed by atoms with van der Waals surface area (Å²) in [7, 11) is 0. The molecule has 3 rings (SSSR count). The maximum Gasteiger partial charge on any atom is 0.265 e. The fourth-order valence-electron chi connectivity index (χ4n) is 2.70. The van der Waals surface area contributed by atoms with Gasteiger partial charge in [-0.15, -0.1) is 0 Å². The van der Waals surface area contributed by atoms with Crippen LogP contribution in [0.1, 0.15) is 19.4 Å². The Kier molecular flexibility index (Phi) is 6.74. The molecule has 0 spiro atoms. The highest BCUT2D eigenvalue weighted by atomic mass is 16.5. The van der Waals surface area contributed by atoms with Crippen LogP contribution in [0.3, 0.4) is 0 Å². The van der Waals surface area contributed by atoms with Crippen LogP contribution in [0.4, 0.5) is 5.69 Å². The number of carbonyl (C=O) groups excluding carboxylic acids is 1. The highest BCUT2D eigenvalue weighted by molar-refractivity contribution is 5.94. The average Bonchev–Trinajstić information content (AvgIpc) is 2.71. The molecule has 0 aliphatic carbocycles. The van der Waals surface area contributed by atoms with Gasteiger partial charge in [0.15, 0.2) is 6.10 Å². The van der Waals surface area contributed by atoms with Crippen LogP contribution in [0.2, 0.25) is 0 Å². The minimum absolute atomic E-state index is 0.216. The van der Waals surface area contributed by atoms with Crippen molar-refractivity contribution in [2.24, 2.45) is 0 Å². The fourth-order valence-corrected chi connectivity index (χ4v) is 2.70. The van der Waals surface area contributed by atoms with E-state index in [1.807, 2.05) is 62.4 Å². The second-order valence-electron chi connectivity index (χ2n) is 6.60. The molecule has 0 saturated carbocycles. The van der Waals surface area contributed by atoms with Crippen molar-refractivity contribution in [1.82, 2.24) is 0 Å². The Morgan fingerprint density at radius 3 is 2.14 bits per heavy atom. The Hall–Kier alpha value is -3.47. The van der Waals surface area contributed by atoms with Gasteiger partial charge in [0.05, 0.1) is 6.61 Å². The van der Waals surface area contributed by atoms with Crippen molar-refractivity contribution in [1.29, 1.82) is 0 Å². The molecule has 5 nitrogen and oxygen atoms in total. The summed E-state index contributed by atoms with van der Waals surface area (Å²) in [6, 6.07) is 22.2. The van der Waals surface area contributed by atoms with Gasteiger partial charge in [-0.1, -0.05) is 12.1 Å². The molecule has 0 unspecified atom stereocenters. The van der Waals surface area contributed by atoms with Crippen LogP contribution in [0, 0.1) is 6.92 Å². The number of aryl methyl sites for hydroxylation is 1. The molecule has 0 aliphatic heterocycles. The van der Waals surface area contributed by atoms with Gasteiger partial charge in [-0.2, -0.15) is 0 Å². The van der Waals surface area contributed by atoms with E-state index in [4.69, 9.17) is 14.2 Å². The van der Waals surface area contributed by atoms with Crippen molar-refractivity contribution in [3.8, 4) is 23.0 Å². The highest BCUT2D eigenvalue weighted by Crippen LogP contribution is 2.25. The summed E-state index contributed by atoms with van der Waals surface area (Å²) in [6.45, 7) is 6.28. The third kappa shape index (κ3) is 6.01.